The molecular weight excluding hydrogens is 288 g/mol. The third kappa shape index (κ3) is 4.39. The van der Waals surface area contributed by atoms with E-state index in [0.29, 0.717) is 16.4 Å². The molecule has 0 unspecified atom stereocenters. The molecule has 6 heteroatoms. The highest BCUT2D eigenvalue weighted by Crippen LogP contribution is 2.17. The molecule has 0 saturated carbocycles. The molecule has 0 bridgehead atoms. The summed E-state index contributed by atoms with van der Waals surface area (Å²) in [7, 11) is 0. The Morgan fingerprint density at radius 1 is 1.24 bits per heavy atom. The van der Waals surface area contributed by atoms with Gasteiger partial charge in [-0.1, -0.05) is 17.2 Å². The highest BCUT2D eigenvalue weighted by molar-refractivity contribution is 7.13. The topological polar surface area (TPSA) is 68.3 Å². The van der Waals surface area contributed by atoms with E-state index in [4.69, 9.17) is 4.74 Å². The first-order valence-corrected chi connectivity index (χ1v) is 7.29. The molecule has 0 radical (unpaired) electrons. The van der Waals surface area contributed by atoms with Crippen molar-refractivity contribution in [1.82, 2.24) is 4.98 Å². The van der Waals surface area contributed by atoms with Gasteiger partial charge in [0, 0.05) is 12.3 Å². The number of nitrogens with one attached hydrogen (secondary N) is 1. The number of thiazole rings is 1. The van der Waals surface area contributed by atoms with Gasteiger partial charge in [0.25, 0.3) is 0 Å². The molecule has 0 spiro atoms. The van der Waals surface area contributed by atoms with Crippen LogP contribution < -0.4 is 5.32 Å². The van der Waals surface area contributed by atoms with Gasteiger partial charge in [-0.05, 0) is 26.0 Å². The summed E-state index contributed by atoms with van der Waals surface area (Å²) in [6.45, 7) is 5.37. The molecule has 2 rings (SSSR count). The van der Waals surface area contributed by atoms with Gasteiger partial charge < -0.3 is 10.1 Å². The number of hydrogen-bond donors (Lipinski definition) is 1. The maximum absolute atomic E-state index is 12.0. The van der Waals surface area contributed by atoms with Crippen molar-refractivity contribution in [3.63, 3.8) is 0 Å². The Balaban J connectivity index is 1.97. The van der Waals surface area contributed by atoms with Crippen molar-refractivity contribution in [3.05, 3.63) is 46.0 Å². The first-order valence-electron chi connectivity index (χ1n) is 6.41. The first kappa shape index (κ1) is 15.2. The van der Waals surface area contributed by atoms with Crippen molar-refractivity contribution in [2.45, 2.75) is 27.4 Å². The SMILES string of the molecule is CC(=O)Nc1nc(COC(=O)c2cc(C)cc(C)c2)cs1. The number of amides is 1. The van der Waals surface area contributed by atoms with Crippen LogP contribution in [0.4, 0.5) is 5.13 Å². The fraction of sp³-hybridized carbons (Fsp3) is 0.267. The van der Waals surface area contributed by atoms with E-state index < -0.39 is 0 Å². The van der Waals surface area contributed by atoms with Crippen LogP contribution in [-0.4, -0.2) is 16.9 Å². The second-order valence-electron chi connectivity index (χ2n) is 4.78. The van der Waals surface area contributed by atoms with Crippen molar-refractivity contribution in [2.24, 2.45) is 0 Å². The van der Waals surface area contributed by atoms with E-state index in [1.807, 2.05) is 19.9 Å². The largest absolute Gasteiger partial charge is 0.456 e. The van der Waals surface area contributed by atoms with Crippen LogP contribution in [-0.2, 0) is 16.1 Å². The number of ether oxygens (including phenoxy) is 1. The van der Waals surface area contributed by atoms with Gasteiger partial charge in [0.15, 0.2) is 5.13 Å². The Morgan fingerprint density at radius 3 is 2.52 bits per heavy atom. The van der Waals surface area contributed by atoms with Crippen molar-refractivity contribution in [2.75, 3.05) is 5.32 Å². The lowest BCUT2D eigenvalue weighted by Crippen LogP contribution is -2.07. The van der Waals surface area contributed by atoms with Gasteiger partial charge in [-0.2, -0.15) is 0 Å². The van der Waals surface area contributed by atoms with Crippen LogP contribution in [0.2, 0.25) is 0 Å². The van der Waals surface area contributed by atoms with Gasteiger partial charge in [0.2, 0.25) is 5.91 Å². The maximum atomic E-state index is 12.0. The molecule has 0 saturated heterocycles. The third-order valence-electron chi connectivity index (χ3n) is 2.64. The van der Waals surface area contributed by atoms with Gasteiger partial charge in [-0.25, -0.2) is 9.78 Å². The predicted octanol–water partition coefficient (Wildman–Crippen LogP) is 3.08. The molecule has 1 aromatic carbocycles. The van der Waals surface area contributed by atoms with E-state index in [1.54, 1.807) is 17.5 Å². The number of carbonyl (C=O) groups is 2. The second kappa shape index (κ2) is 6.49. The summed E-state index contributed by atoms with van der Waals surface area (Å²) in [5.74, 6) is -0.556. The molecule has 0 aliphatic carbocycles. The molecule has 1 N–H and O–H groups in total. The maximum Gasteiger partial charge on any atom is 0.338 e. The third-order valence-corrected chi connectivity index (χ3v) is 3.45. The Bertz CT molecular complexity index is 659. The fourth-order valence-electron chi connectivity index (χ4n) is 1.90. The summed E-state index contributed by atoms with van der Waals surface area (Å²) in [6.07, 6.45) is 0. The highest BCUT2D eigenvalue weighted by atomic mass is 32.1. The van der Waals surface area contributed by atoms with Crippen molar-refractivity contribution in [1.29, 1.82) is 0 Å². The second-order valence-corrected chi connectivity index (χ2v) is 5.64. The molecule has 5 nitrogen and oxygen atoms in total. The number of rotatable bonds is 4. The monoisotopic (exact) mass is 304 g/mol. The zero-order chi connectivity index (χ0) is 15.4. The molecular formula is C15H16N2O3S. The minimum absolute atomic E-state index is 0.0852. The molecule has 1 amide bonds. The van der Waals surface area contributed by atoms with Gasteiger partial charge in [0.1, 0.15) is 6.61 Å². The average Bonchev–Trinajstić information content (AvgIpc) is 2.81. The van der Waals surface area contributed by atoms with Gasteiger partial charge in [0.05, 0.1) is 11.3 Å². The molecule has 21 heavy (non-hydrogen) atoms. The highest BCUT2D eigenvalue weighted by Gasteiger charge is 2.10. The molecule has 1 heterocycles. The summed E-state index contributed by atoms with van der Waals surface area (Å²) < 4.78 is 5.23. The molecule has 110 valence electrons. The molecule has 0 fully saturated rings. The summed E-state index contributed by atoms with van der Waals surface area (Å²) >= 11 is 1.30. The zero-order valence-corrected chi connectivity index (χ0v) is 12.9. The number of aryl methyl sites for hydroxylation is 2. The van der Waals surface area contributed by atoms with E-state index in [1.165, 1.54) is 18.3 Å². The van der Waals surface area contributed by atoms with Crippen molar-refractivity contribution in [3.8, 4) is 0 Å². The van der Waals surface area contributed by atoms with Crippen LogP contribution in [0.1, 0.15) is 34.1 Å². The van der Waals surface area contributed by atoms with Crippen LogP contribution >= 0.6 is 11.3 Å². The van der Waals surface area contributed by atoms with Crippen LogP contribution in [0.3, 0.4) is 0 Å². The quantitative estimate of drug-likeness (QED) is 0.881. The average molecular weight is 304 g/mol. The summed E-state index contributed by atoms with van der Waals surface area (Å²) in [4.78, 5) is 27.1. The minimum atomic E-state index is -0.379. The van der Waals surface area contributed by atoms with E-state index in [2.05, 4.69) is 10.3 Å². The van der Waals surface area contributed by atoms with Crippen LogP contribution in [0, 0.1) is 13.8 Å². The van der Waals surface area contributed by atoms with Gasteiger partial charge in [-0.15, -0.1) is 11.3 Å². The Hall–Kier alpha value is -2.21. The Labute approximate surface area is 127 Å². The van der Waals surface area contributed by atoms with Crippen LogP contribution in [0.5, 0.6) is 0 Å². The van der Waals surface area contributed by atoms with Crippen LogP contribution in [0.15, 0.2) is 23.6 Å². The number of anilines is 1. The van der Waals surface area contributed by atoms with Crippen molar-refractivity contribution >= 4 is 28.3 Å². The molecule has 0 aliphatic rings. The standard InChI is InChI=1S/C15H16N2O3S/c1-9-4-10(2)6-12(5-9)14(19)20-7-13-8-21-15(17-13)16-11(3)18/h4-6,8H,7H2,1-3H3,(H,16,17,18). The van der Waals surface area contributed by atoms with E-state index in [-0.39, 0.29) is 18.5 Å². The number of hydrogen-bond acceptors (Lipinski definition) is 5. The lowest BCUT2D eigenvalue weighted by molar-refractivity contribution is -0.114. The minimum Gasteiger partial charge on any atom is -0.456 e. The Kier molecular flexibility index (Phi) is 4.70. The van der Waals surface area contributed by atoms with Gasteiger partial charge >= 0.3 is 5.97 Å². The van der Waals surface area contributed by atoms with E-state index >= 15 is 0 Å². The Morgan fingerprint density at radius 2 is 1.90 bits per heavy atom. The van der Waals surface area contributed by atoms with Crippen molar-refractivity contribution < 1.29 is 14.3 Å². The number of carbonyl (C=O) groups excluding carboxylic acids is 2. The lowest BCUT2D eigenvalue weighted by atomic mass is 10.1. The normalized spacial score (nSPS) is 10.2. The molecule has 0 atom stereocenters. The number of esters is 1. The number of nitrogens with zero attached hydrogens (tertiary/aromatic N) is 1. The van der Waals surface area contributed by atoms with E-state index in [9.17, 15) is 9.59 Å². The number of benzene rings is 1. The molecule has 2 aromatic rings. The predicted molar refractivity (Wildman–Crippen MR) is 81.5 cm³/mol. The van der Waals surface area contributed by atoms with E-state index in [0.717, 1.165) is 11.1 Å². The molecule has 1 aromatic heterocycles. The zero-order valence-electron chi connectivity index (χ0n) is 12.1. The number of aromatic nitrogens is 1. The summed E-state index contributed by atoms with van der Waals surface area (Å²) in [5.41, 5.74) is 3.18. The smallest absolute Gasteiger partial charge is 0.338 e. The van der Waals surface area contributed by atoms with Crippen LogP contribution in [0.25, 0.3) is 0 Å². The summed E-state index contributed by atoms with van der Waals surface area (Å²) in [5, 5.41) is 4.84. The van der Waals surface area contributed by atoms with Gasteiger partial charge in [-0.3, -0.25) is 4.79 Å². The fourth-order valence-corrected chi connectivity index (χ4v) is 2.64. The summed E-state index contributed by atoms with van der Waals surface area (Å²) in [6, 6.07) is 5.58. The molecule has 0 aliphatic heterocycles. The lowest BCUT2D eigenvalue weighted by Gasteiger charge is -2.05. The first-order chi connectivity index (χ1) is 9.94.